The van der Waals surface area contributed by atoms with Crippen LogP contribution in [0.25, 0.3) is 0 Å². The first-order chi connectivity index (χ1) is 13.7. The maximum Gasteiger partial charge on any atom is 0.257 e. The lowest BCUT2D eigenvalue weighted by atomic mass is 10.2. The summed E-state index contributed by atoms with van der Waals surface area (Å²) in [4.78, 5) is 29.9. The average molecular weight is 395 g/mol. The van der Waals surface area contributed by atoms with Crippen molar-refractivity contribution in [2.45, 2.75) is 0 Å². The zero-order valence-electron chi connectivity index (χ0n) is 15.1. The maximum absolute atomic E-state index is 12.3. The lowest BCUT2D eigenvalue weighted by Crippen LogP contribution is -2.47. The number of hydrogen-bond donors (Lipinski definition) is 1. The van der Waals surface area contributed by atoms with Crippen LogP contribution in [0.2, 0.25) is 5.02 Å². The van der Waals surface area contributed by atoms with Gasteiger partial charge in [-0.05, 0) is 24.3 Å². The molecule has 0 atom stereocenters. The molecule has 1 N–H and O–H groups in total. The van der Waals surface area contributed by atoms with Crippen molar-refractivity contribution < 1.29 is 4.79 Å². The van der Waals surface area contributed by atoms with Gasteiger partial charge in [0, 0.05) is 32.4 Å². The third kappa shape index (κ3) is 4.04. The molecule has 1 aliphatic rings. The molecule has 28 heavy (non-hydrogen) atoms. The molecule has 0 saturated carbocycles. The molecule has 8 heteroatoms. The Labute approximate surface area is 168 Å². The quantitative estimate of drug-likeness (QED) is 0.733. The Balaban J connectivity index is 1.36. The molecular weight excluding hydrogens is 376 g/mol. The van der Waals surface area contributed by atoms with Gasteiger partial charge in [-0.2, -0.15) is 0 Å². The minimum absolute atomic E-state index is 0.286. The number of amides is 1. The van der Waals surface area contributed by atoms with Gasteiger partial charge in [0.2, 0.25) is 5.95 Å². The van der Waals surface area contributed by atoms with Crippen molar-refractivity contribution in [3.05, 3.63) is 71.6 Å². The fourth-order valence-electron chi connectivity index (χ4n) is 3.07. The van der Waals surface area contributed by atoms with Gasteiger partial charge >= 0.3 is 0 Å². The van der Waals surface area contributed by atoms with Crippen LogP contribution in [0.15, 0.2) is 61.1 Å². The van der Waals surface area contributed by atoms with Crippen molar-refractivity contribution in [3.8, 4) is 0 Å². The summed E-state index contributed by atoms with van der Waals surface area (Å²) >= 11 is 6.06. The number of anilines is 3. The minimum Gasteiger partial charge on any atom is -0.353 e. The van der Waals surface area contributed by atoms with E-state index >= 15 is 0 Å². The molecule has 0 bridgehead atoms. The van der Waals surface area contributed by atoms with Crippen LogP contribution < -0.4 is 15.1 Å². The Morgan fingerprint density at radius 1 is 0.893 bits per heavy atom. The van der Waals surface area contributed by atoms with Gasteiger partial charge in [-0.25, -0.2) is 15.0 Å². The molecular formula is C20H19ClN6O. The summed E-state index contributed by atoms with van der Waals surface area (Å²) in [6.45, 7) is 3.32. The second kappa shape index (κ2) is 8.22. The second-order valence-electron chi connectivity index (χ2n) is 6.37. The van der Waals surface area contributed by atoms with Crippen molar-refractivity contribution in [3.63, 3.8) is 0 Å². The summed E-state index contributed by atoms with van der Waals surface area (Å²) in [6.07, 6.45) is 5.03. The van der Waals surface area contributed by atoms with Gasteiger partial charge < -0.3 is 15.1 Å². The number of halogens is 1. The Hall–Kier alpha value is -3.19. The molecule has 3 heterocycles. The number of aromatic nitrogens is 3. The first kappa shape index (κ1) is 18.2. The van der Waals surface area contributed by atoms with E-state index in [1.807, 2.05) is 18.2 Å². The van der Waals surface area contributed by atoms with Crippen molar-refractivity contribution in [2.75, 3.05) is 41.3 Å². The third-order valence-corrected chi connectivity index (χ3v) is 4.88. The van der Waals surface area contributed by atoms with Gasteiger partial charge in [-0.1, -0.05) is 29.8 Å². The number of benzene rings is 1. The molecule has 1 aromatic carbocycles. The van der Waals surface area contributed by atoms with E-state index in [1.165, 1.54) is 0 Å². The normalized spacial score (nSPS) is 14.0. The van der Waals surface area contributed by atoms with Gasteiger partial charge in [0.15, 0.2) is 0 Å². The van der Waals surface area contributed by atoms with Crippen molar-refractivity contribution in [2.24, 2.45) is 0 Å². The van der Waals surface area contributed by atoms with Crippen LogP contribution in [0.3, 0.4) is 0 Å². The first-order valence-electron chi connectivity index (χ1n) is 8.99. The standard InChI is InChI=1S/C20H19ClN6O/c21-17-6-2-1-5-16(17)19(28)25-15-13-23-20(24-14-15)27-11-9-26(10-12-27)18-7-3-4-8-22-18/h1-8,13-14H,9-12H2,(H,25,28). The zero-order chi connectivity index (χ0) is 19.3. The number of rotatable bonds is 4. The fourth-order valence-corrected chi connectivity index (χ4v) is 3.29. The van der Waals surface area contributed by atoms with Gasteiger partial charge in [-0.3, -0.25) is 4.79 Å². The Bertz CT molecular complexity index is 942. The van der Waals surface area contributed by atoms with Crippen molar-refractivity contribution in [1.29, 1.82) is 0 Å². The van der Waals surface area contributed by atoms with E-state index < -0.39 is 0 Å². The average Bonchev–Trinajstić information content (AvgIpc) is 2.75. The number of nitrogens with one attached hydrogen (secondary N) is 1. The van der Waals surface area contributed by atoms with Crippen LogP contribution in [-0.4, -0.2) is 47.0 Å². The summed E-state index contributed by atoms with van der Waals surface area (Å²) in [6, 6.07) is 12.8. The maximum atomic E-state index is 12.3. The third-order valence-electron chi connectivity index (χ3n) is 4.55. The van der Waals surface area contributed by atoms with E-state index in [2.05, 4.69) is 30.1 Å². The summed E-state index contributed by atoms with van der Waals surface area (Å²) in [5.74, 6) is 1.35. The molecule has 0 spiro atoms. The smallest absolute Gasteiger partial charge is 0.257 e. The summed E-state index contributed by atoms with van der Waals surface area (Å²) in [5.41, 5.74) is 0.944. The van der Waals surface area contributed by atoms with Crippen LogP contribution >= 0.6 is 11.6 Å². The van der Waals surface area contributed by atoms with Gasteiger partial charge in [0.05, 0.1) is 28.7 Å². The molecule has 2 aromatic heterocycles. The number of nitrogens with zero attached hydrogens (tertiary/aromatic N) is 5. The van der Waals surface area contributed by atoms with E-state index in [0.717, 1.165) is 32.0 Å². The van der Waals surface area contributed by atoms with E-state index in [-0.39, 0.29) is 5.91 Å². The highest BCUT2D eigenvalue weighted by atomic mass is 35.5. The van der Waals surface area contributed by atoms with Crippen LogP contribution in [0.1, 0.15) is 10.4 Å². The highest BCUT2D eigenvalue weighted by molar-refractivity contribution is 6.34. The summed E-state index contributed by atoms with van der Waals surface area (Å²) < 4.78 is 0. The van der Waals surface area contributed by atoms with Crippen LogP contribution in [0.4, 0.5) is 17.5 Å². The van der Waals surface area contributed by atoms with Crippen LogP contribution in [-0.2, 0) is 0 Å². The molecule has 0 aliphatic carbocycles. The molecule has 0 radical (unpaired) electrons. The first-order valence-corrected chi connectivity index (χ1v) is 9.37. The van der Waals surface area contributed by atoms with Crippen molar-refractivity contribution >= 4 is 35.0 Å². The molecule has 1 fully saturated rings. The zero-order valence-corrected chi connectivity index (χ0v) is 15.9. The van der Waals surface area contributed by atoms with E-state index in [4.69, 9.17) is 11.6 Å². The number of carbonyl (C=O) groups is 1. The van der Waals surface area contributed by atoms with Gasteiger partial charge in [-0.15, -0.1) is 0 Å². The molecule has 1 aliphatic heterocycles. The lowest BCUT2D eigenvalue weighted by molar-refractivity contribution is 0.102. The Morgan fingerprint density at radius 2 is 1.57 bits per heavy atom. The fraction of sp³-hybridized carbons (Fsp3) is 0.200. The second-order valence-corrected chi connectivity index (χ2v) is 6.77. The molecule has 0 unspecified atom stereocenters. The predicted molar refractivity (Wildman–Crippen MR) is 110 cm³/mol. The largest absolute Gasteiger partial charge is 0.353 e. The molecule has 3 aromatic rings. The molecule has 142 valence electrons. The van der Waals surface area contributed by atoms with Gasteiger partial charge in [0.1, 0.15) is 5.82 Å². The number of carbonyl (C=O) groups excluding carboxylic acids is 1. The number of pyridine rings is 1. The molecule has 1 saturated heterocycles. The van der Waals surface area contributed by atoms with Gasteiger partial charge in [0.25, 0.3) is 5.91 Å². The molecule has 1 amide bonds. The molecule has 7 nitrogen and oxygen atoms in total. The monoisotopic (exact) mass is 394 g/mol. The van der Waals surface area contributed by atoms with Crippen LogP contribution in [0.5, 0.6) is 0 Å². The van der Waals surface area contributed by atoms with Crippen molar-refractivity contribution in [1.82, 2.24) is 15.0 Å². The number of hydrogen-bond acceptors (Lipinski definition) is 6. The van der Waals surface area contributed by atoms with Crippen LogP contribution in [0, 0.1) is 0 Å². The molecule has 4 rings (SSSR count). The lowest BCUT2D eigenvalue weighted by Gasteiger charge is -2.35. The SMILES string of the molecule is O=C(Nc1cnc(N2CCN(c3ccccn3)CC2)nc1)c1ccccc1Cl. The minimum atomic E-state index is -0.286. The highest BCUT2D eigenvalue weighted by Gasteiger charge is 2.20. The van der Waals surface area contributed by atoms with E-state index in [0.29, 0.717) is 22.2 Å². The topological polar surface area (TPSA) is 74.2 Å². The summed E-state index contributed by atoms with van der Waals surface area (Å²) in [7, 11) is 0. The summed E-state index contributed by atoms with van der Waals surface area (Å²) in [5, 5.41) is 3.18. The highest BCUT2D eigenvalue weighted by Crippen LogP contribution is 2.19. The van der Waals surface area contributed by atoms with E-state index in [1.54, 1.807) is 42.9 Å². The van der Waals surface area contributed by atoms with E-state index in [9.17, 15) is 4.79 Å². The number of piperazine rings is 1. The Kier molecular flexibility index (Phi) is 5.34. The Morgan fingerprint density at radius 3 is 2.25 bits per heavy atom. The predicted octanol–water partition coefficient (Wildman–Crippen LogP) is 3.10.